The van der Waals surface area contributed by atoms with Gasteiger partial charge in [0.15, 0.2) is 11.6 Å². The minimum Gasteiger partial charge on any atom is -0.359 e. The van der Waals surface area contributed by atoms with Crippen LogP contribution < -0.4 is 0 Å². The summed E-state index contributed by atoms with van der Waals surface area (Å²) in [6.07, 6.45) is 5.07. The monoisotopic (exact) mass is 356 g/mol. The molecule has 1 aliphatic rings. The van der Waals surface area contributed by atoms with Gasteiger partial charge in [-0.3, -0.25) is 9.58 Å². The lowest BCUT2D eigenvalue weighted by atomic mass is 9.94. The minimum absolute atomic E-state index is 0.545. The highest BCUT2D eigenvalue weighted by molar-refractivity contribution is 5.60. The van der Waals surface area contributed by atoms with Crippen molar-refractivity contribution in [3.63, 3.8) is 0 Å². The molecule has 1 fully saturated rings. The second-order valence-electron chi connectivity index (χ2n) is 7.12. The molecule has 8 heteroatoms. The van der Waals surface area contributed by atoms with Crippen LogP contribution in [0.15, 0.2) is 21.3 Å². The van der Waals surface area contributed by atoms with Crippen molar-refractivity contribution in [2.45, 2.75) is 39.7 Å². The smallest absolute Gasteiger partial charge is 0.223 e. The molecule has 4 rings (SSSR count). The predicted octanol–water partition coefficient (Wildman–Crippen LogP) is 2.53. The van der Waals surface area contributed by atoms with E-state index in [9.17, 15) is 0 Å². The molecule has 3 aromatic rings. The van der Waals surface area contributed by atoms with Crippen molar-refractivity contribution in [2.24, 2.45) is 13.0 Å². The molecule has 0 bridgehead atoms. The third kappa shape index (κ3) is 3.55. The Labute approximate surface area is 152 Å². The first-order valence-corrected chi connectivity index (χ1v) is 9.04. The highest BCUT2D eigenvalue weighted by Crippen LogP contribution is 2.25. The van der Waals surface area contributed by atoms with Gasteiger partial charge >= 0.3 is 0 Å². The van der Waals surface area contributed by atoms with Crippen LogP contribution in [0, 0.1) is 19.8 Å². The molecule has 0 spiro atoms. The van der Waals surface area contributed by atoms with Crippen molar-refractivity contribution in [1.82, 2.24) is 30.0 Å². The SMILES string of the molecule is Cc1nc(C[C@H]2CCCN(Cc3cc(-c4cnn(C)c4C)no3)C2)no1. The zero-order valence-corrected chi connectivity index (χ0v) is 15.5. The predicted molar refractivity (Wildman–Crippen MR) is 94.2 cm³/mol. The lowest BCUT2D eigenvalue weighted by molar-refractivity contribution is 0.151. The van der Waals surface area contributed by atoms with Gasteiger partial charge in [0.05, 0.1) is 12.7 Å². The molecule has 4 heterocycles. The molecule has 3 aromatic heterocycles. The number of hydrogen-bond donors (Lipinski definition) is 0. The van der Waals surface area contributed by atoms with E-state index in [0.29, 0.717) is 11.8 Å². The van der Waals surface area contributed by atoms with E-state index in [1.165, 1.54) is 12.8 Å². The van der Waals surface area contributed by atoms with Crippen LogP contribution in [0.1, 0.15) is 36.0 Å². The Bertz CT molecular complexity index is 880. The van der Waals surface area contributed by atoms with Crippen molar-refractivity contribution in [3.05, 3.63) is 35.4 Å². The van der Waals surface area contributed by atoms with Crippen molar-refractivity contribution in [2.75, 3.05) is 13.1 Å². The number of aromatic nitrogens is 5. The summed E-state index contributed by atoms with van der Waals surface area (Å²) in [7, 11) is 1.93. The molecular formula is C18H24N6O2. The van der Waals surface area contributed by atoms with Crippen LogP contribution in [-0.4, -0.2) is 43.1 Å². The molecule has 0 aliphatic carbocycles. The Balaban J connectivity index is 1.38. The first-order chi connectivity index (χ1) is 12.6. The van der Waals surface area contributed by atoms with E-state index in [4.69, 9.17) is 9.05 Å². The Morgan fingerprint density at radius 1 is 1.23 bits per heavy atom. The standard InChI is InChI=1S/C18H24N6O2/c1-12-16(9-19-23(12)3)17-8-15(26-21-17)11-24-6-4-5-14(10-24)7-18-20-13(2)25-22-18/h8-9,14H,4-7,10-11H2,1-3H3/t14-/m1/s1. The third-order valence-electron chi connectivity index (χ3n) is 5.09. The maximum atomic E-state index is 5.57. The number of rotatable bonds is 5. The summed E-state index contributed by atoms with van der Waals surface area (Å²) >= 11 is 0. The second-order valence-corrected chi connectivity index (χ2v) is 7.12. The fourth-order valence-electron chi connectivity index (χ4n) is 3.63. The Kier molecular flexibility index (Phi) is 4.58. The van der Waals surface area contributed by atoms with E-state index in [-0.39, 0.29) is 0 Å². The summed E-state index contributed by atoms with van der Waals surface area (Å²) in [6, 6.07) is 2.02. The molecule has 138 valence electrons. The average molecular weight is 356 g/mol. The van der Waals surface area contributed by atoms with Gasteiger partial charge in [-0.15, -0.1) is 0 Å². The van der Waals surface area contributed by atoms with Gasteiger partial charge in [0.25, 0.3) is 0 Å². The highest BCUT2D eigenvalue weighted by atomic mass is 16.5. The molecule has 0 N–H and O–H groups in total. The molecule has 0 aromatic carbocycles. The molecule has 1 aliphatic heterocycles. The maximum absolute atomic E-state index is 5.57. The molecule has 1 saturated heterocycles. The van der Waals surface area contributed by atoms with Crippen LogP contribution in [0.2, 0.25) is 0 Å². The number of nitrogens with zero attached hydrogens (tertiary/aromatic N) is 6. The Hall–Kier alpha value is -2.48. The topological polar surface area (TPSA) is 86.0 Å². The number of aryl methyl sites for hydroxylation is 2. The van der Waals surface area contributed by atoms with Gasteiger partial charge in [-0.2, -0.15) is 10.1 Å². The van der Waals surface area contributed by atoms with Gasteiger partial charge in [0.2, 0.25) is 5.89 Å². The first-order valence-electron chi connectivity index (χ1n) is 9.04. The number of piperidine rings is 1. The van der Waals surface area contributed by atoms with Crippen LogP contribution in [0.3, 0.4) is 0 Å². The average Bonchev–Trinajstić information content (AvgIpc) is 3.31. The fraction of sp³-hybridized carbons (Fsp3) is 0.556. The van der Waals surface area contributed by atoms with E-state index in [0.717, 1.165) is 54.6 Å². The van der Waals surface area contributed by atoms with E-state index in [2.05, 4.69) is 25.3 Å². The van der Waals surface area contributed by atoms with Crippen molar-refractivity contribution < 1.29 is 9.05 Å². The van der Waals surface area contributed by atoms with Crippen LogP contribution in [0.25, 0.3) is 11.3 Å². The molecule has 1 atom stereocenters. The van der Waals surface area contributed by atoms with Gasteiger partial charge < -0.3 is 9.05 Å². The van der Waals surface area contributed by atoms with E-state index in [1.807, 2.05) is 37.8 Å². The largest absolute Gasteiger partial charge is 0.359 e. The summed E-state index contributed by atoms with van der Waals surface area (Å²) < 4.78 is 12.5. The highest BCUT2D eigenvalue weighted by Gasteiger charge is 2.23. The number of hydrogen-bond acceptors (Lipinski definition) is 7. The quantitative estimate of drug-likeness (QED) is 0.694. The normalized spacial score (nSPS) is 18.5. The Morgan fingerprint density at radius 3 is 2.85 bits per heavy atom. The zero-order valence-electron chi connectivity index (χ0n) is 15.5. The zero-order chi connectivity index (χ0) is 18.1. The van der Waals surface area contributed by atoms with Gasteiger partial charge in [0.1, 0.15) is 5.69 Å². The lowest BCUT2D eigenvalue weighted by Crippen LogP contribution is -2.35. The van der Waals surface area contributed by atoms with Gasteiger partial charge in [-0.25, -0.2) is 0 Å². The van der Waals surface area contributed by atoms with Crippen molar-refractivity contribution in [1.29, 1.82) is 0 Å². The minimum atomic E-state index is 0.545. The maximum Gasteiger partial charge on any atom is 0.223 e. The lowest BCUT2D eigenvalue weighted by Gasteiger charge is -2.31. The van der Waals surface area contributed by atoms with Crippen LogP contribution in [-0.2, 0) is 20.0 Å². The molecule has 0 radical (unpaired) electrons. The van der Waals surface area contributed by atoms with Crippen LogP contribution in [0.5, 0.6) is 0 Å². The van der Waals surface area contributed by atoms with Crippen molar-refractivity contribution >= 4 is 0 Å². The molecule has 0 unspecified atom stereocenters. The fourth-order valence-corrected chi connectivity index (χ4v) is 3.63. The third-order valence-corrected chi connectivity index (χ3v) is 5.09. The molecule has 0 saturated carbocycles. The second kappa shape index (κ2) is 7.03. The van der Waals surface area contributed by atoms with E-state index in [1.54, 1.807) is 0 Å². The van der Waals surface area contributed by atoms with Gasteiger partial charge in [0, 0.05) is 44.3 Å². The van der Waals surface area contributed by atoms with Gasteiger partial charge in [-0.1, -0.05) is 10.3 Å². The van der Waals surface area contributed by atoms with E-state index >= 15 is 0 Å². The first kappa shape index (κ1) is 17.0. The molecular weight excluding hydrogens is 332 g/mol. The Morgan fingerprint density at radius 2 is 2.12 bits per heavy atom. The van der Waals surface area contributed by atoms with Gasteiger partial charge in [-0.05, 0) is 32.2 Å². The molecule has 0 amide bonds. The summed E-state index contributed by atoms with van der Waals surface area (Å²) in [5, 5.41) is 12.5. The molecule has 8 nitrogen and oxygen atoms in total. The molecule has 26 heavy (non-hydrogen) atoms. The van der Waals surface area contributed by atoms with Crippen LogP contribution in [0.4, 0.5) is 0 Å². The summed E-state index contributed by atoms with van der Waals surface area (Å²) in [6.45, 7) is 6.72. The van der Waals surface area contributed by atoms with E-state index < -0.39 is 0 Å². The number of likely N-dealkylation sites (tertiary alicyclic amines) is 1. The van der Waals surface area contributed by atoms with Crippen molar-refractivity contribution in [3.8, 4) is 11.3 Å². The summed E-state index contributed by atoms with van der Waals surface area (Å²) in [4.78, 5) is 6.75. The van der Waals surface area contributed by atoms with Crippen LogP contribution >= 0.6 is 0 Å². The summed E-state index contributed by atoms with van der Waals surface area (Å²) in [5.74, 6) is 2.87. The summed E-state index contributed by atoms with van der Waals surface area (Å²) in [5.41, 5.74) is 2.95.